The van der Waals surface area contributed by atoms with Crippen LogP contribution in [0.5, 0.6) is 0 Å². The van der Waals surface area contributed by atoms with Crippen molar-refractivity contribution in [3.63, 3.8) is 0 Å². The van der Waals surface area contributed by atoms with Gasteiger partial charge in [-0.2, -0.15) is 0 Å². The average Bonchev–Trinajstić information content (AvgIpc) is 2.50. The number of rotatable bonds is 4. The Hall–Kier alpha value is -2.04. The van der Waals surface area contributed by atoms with Gasteiger partial charge in [-0.15, -0.1) is 0 Å². The van der Waals surface area contributed by atoms with E-state index in [0.717, 1.165) is 17.7 Å². The summed E-state index contributed by atoms with van der Waals surface area (Å²) in [6.45, 7) is 4.63. The summed E-state index contributed by atoms with van der Waals surface area (Å²) in [5.41, 5.74) is 2.04. The maximum absolute atomic E-state index is 12.8. The van der Waals surface area contributed by atoms with Crippen molar-refractivity contribution in [3.8, 4) is 0 Å². The zero-order valence-corrected chi connectivity index (χ0v) is 12.8. The van der Waals surface area contributed by atoms with Crippen molar-refractivity contribution in [2.24, 2.45) is 0 Å². The molecule has 1 aromatic carbocycles. The molecule has 0 aromatic heterocycles. The van der Waals surface area contributed by atoms with Crippen LogP contribution >= 0.6 is 0 Å². The van der Waals surface area contributed by atoms with E-state index in [4.69, 9.17) is 0 Å². The maximum atomic E-state index is 12.8. The number of hydrogen-bond acceptors (Lipinski definition) is 3. The van der Waals surface area contributed by atoms with E-state index in [0.29, 0.717) is 6.54 Å². The third-order valence-corrected chi connectivity index (χ3v) is 3.93. The van der Waals surface area contributed by atoms with Crippen LogP contribution in [0.25, 0.3) is 0 Å². The first-order valence-electron chi connectivity index (χ1n) is 7.41. The predicted molar refractivity (Wildman–Crippen MR) is 83.2 cm³/mol. The number of benzene rings is 1. The normalized spacial score (nSPS) is 20.1. The van der Waals surface area contributed by atoms with E-state index in [1.54, 1.807) is 11.9 Å². The van der Waals surface area contributed by atoms with Crippen molar-refractivity contribution in [2.75, 3.05) is 25.5 Å². The van der Waals surface area contributed by atoms with Crippen LogP contribution in [-0.4, -0.2) is 42.9 Å². The highest BCUT2D eigenvalue weighted by atomic mass is 16.2. The van der Waals surface area contributed by atoms with Gasteiger partial charge in [0.25, 0.3) is 0 Å². The Balaban J connectivity index is 2.23. The third-order valence-electron chi connectivity index (χ3n) is 3.93. The monoisotopic (exact) mass is 289 g/mol. The quantitative estimate of drug-likeness (QED) is 0.884. The molecule has 0 aliphatic carbocycles. The van der Waals surface area contributed by atoms with Crippen LogP contribution in [0.15, 0.2) is 24.3 Å². The molecular formula is C16H23N3O2. The number of likely N-dealkylation sites (N-methyl/N-ethyl adjacent to an activating group) is 2. The number of carbonyl (C=O) groups is 2. The van der Waals surface area contributed by atoms with Gasteiger partial charge in [-0.05, 0) is 31.9 Å². The van der Waals surface area contributed by atoms with Crippen LogP contribution < -0.4 is 10.6 Å². The molecule has 2 unspecified atom stereocenters. The summed E-state index contributed by atoms with van der Waals surface area (Å²) in [6, 6.07) is 8.15. The number of nitrogens with one attached hydrogen (secondary N) is 2. The van der Waals surface area contributed by atoms with Crippen LogP contribution in [0.2, 0.25) is 0 Å². The second kappa shape index (κ2) is 6.61. The smallest absolute Gasteiger partial charge is 0.239 e. The third kappa shape index (κ3) is 3.35. The summed E-state index contributed by atoms with van der Waals surface area (Å²) in [4.78, 5) is 26.0. The minimum Gasteiger partial charge on any atom is -0.382 e. The van der Waals surface area contributed by atoms with Crippen LogP contribution in [0.4, 0.5) is 5.69 Å². The van der Waals surface area contributed by atoms with Crippen molar-refractivity contribution in [2.45, 2.75) is 32.2 Å². The number of para-hydroxylation sites is 1. The van der Waals surface area contributed by atoms with E-state index in [9.17, 15) is 9.59 Å². The fraction of sp³-hybridized carbons (Fsp3) is 0.500. The lowest BCUT2D eigenvalue weighted by atomic mass is 9.86. The topological polar surface area (TPSA) is 61.4 Å². The lowest BCUT2D eigenvalue weighted by Crippen LogP contribution is -2.43. The standard InChI is InChI=1S/C16H23N3O2/c1-4-19(10-15(20)17-3)16(21)13-9-11(2)18-14-8-6-5-7-12(13)14/h5-8,11,13,18H,4,9-10H2,1-3H3,(H,17,20). The lowest BCUT2D eigenvalue weighted by molar-refractivity contribution is -0.137. The first-order valence-corrected chi connectivity index (χ1v) is 7.41. The van der Waals surface area contributed by atoms with Crippen LogP contribution in [0.3, 0.4) is 0 Å². The fourth-order valence-corrected chi connectivity index (χ4v) is 2.79. The van der Waals surface area contributed by atoms with E-state index < -0.39 is 0 Å². The number of amides is 2. The zero-order valence-electron chi connectivity index (χ0n) is 12.8. The molecule has 1 aliphatic rings. The molecule has 2 atom stereocenters. The summed E-state index contributed by atoms with van der Waals surface area (Å²) < 4.78 is 0. The largest absolute Gasteiger partial charge is 0.382 e. The second-order valence-electron chi connectivity index (χ2n) is 5.45. The highest BCUT2D eigenvalue weighted by Crippen LogP contribution is 2.35. The summed E-state index contributed by atoms with van der Waals surface area (Å²) in [7, 11) is 1.59. The molecule has 114 valence electrons. The molecule has 0 fully saturated rings. The molecule has 2 N–H and O–H groups in total. The molecule has 1 heterocycles. The average molecular weight is 289 g/mol. The van der Waals surface area contributed by atoms with Gasteiger partial charge in [-0.1, -0.05) is 18.2 Å². The van der Waals surface area contributed by atoms with E-state index in [1.807, 2.05) is 31.2 Å². The molecule has 5 nitrogen and oxygen atoms in total. The number of anilines is 1. The van der Waals surface area contributed by atoms with Crippen LogP contribution in [-0.2, 0) is 9.59 Å². The van der Waals surface area contributed by atoms with Gasteiger partial charge in [0.15, 0.2) is 0 Å². The van der Waals surface area contributed by atoms with E-state index in [2.05, 4.69) is 17.6 Å². The summed E-state index contributed by atoms with van der Waals surface area (Å²) in [5, 5.41) is 5.97. The molecule has 1 aromatic rings. The maximum Gasteiger partial charge on any atom is 0.239 e. The van der Waals surface area contributed by atoms with Gasteiger partial charge >= 0.3 is 0 Å². The minimum atomic E-state index is -0.179. The highest BCUT2D eigenvalue weighted by Gasteiger charge is 2.32. The highest BCUT2D eigenvalue weighted by molar-refractivity contribution is 5.90. The fourth-order valence-electron chi connectivity index (χ4n) is 2.79. The van der Waals surface area contributed by atoms with Crippen molar-refractivity contribution in [1.29, 1.82) is 0 Å². The second-order valence-corrected chi connectivity index (χ2v) is 5.45. The Morgan fingerprint density at radius 1 is 1.38 bits per heavy atom. The van der Waals surface area contributed by atoms with E-state index >= 15 is 0 Å². The molecule has 2 rings (SSSR count). The molecule has 0 radical (unpaired) electrons. The van der Waals surface area contributed by atoms with Crippen molar-refractivity contribution in [1.82, 2.24) is 10.2 Å². The van der Waals surface area contributed by atoms with Gasteiger partial charge in [0.2, 0.25) is 11.8 Å². The minimum absolute atomic E-state index is 0.0295. The molecule has 2 amide bonds. The molecule has 0 bridgehead atoms. The van der Waals surface area contributed by atoms with Crippen molar-refractivity contribution in [3.05, 3.63) is 29.8 Å². The van der Waals surface area contributed by atoms with Gasteiger partial charge < -0.3 is 15.5 Å². The van der Waals surface area contributed by atoms with Gasteiger partial charge in [0.1, 0.15) is 0 Å². The number of nitrogens with zero attached hydrogens (tertiary/aromatic N) is 1. The molecule has 1 aliphatic heterocycles. The summed E-state index contributed by atoms with van der Waals surface area (Å²) in [6.07, 6.45) is 0.750. The Labute approximate surface area is 125 Å². The Kier molecular flexibility index (Phi) is 4.83. The SMILES string of the molecule is CCN(CC(=O)NC)C(=O)C1CC(C)Nc2ccccc21. The number of hydrogen-bond donors (Lipinski definition) is 2. The van der Waals surface area contributed by atoms with Crippen molar-refractivity contribution >= 4 is 17.5 Å². The first-order chi connectivity index (χ1) is 10.1. The van der Waals surface area contributed by atoms with Crippen molar-refractivity contribution < 1.29 is 9.59 Å². The molecule has 0 spiro atoms. The molecule has 21 heavy (non-hydrogen) atoms. The first kappa shape index (κ1) is 15.4. The molecule has 0 saturated heterocycles. The molecule has 0 saturated carbocycles. The Bertz CT molecular complexity index is 530. The lowest BCUT2D eigenvalue weighted by Gasteiger charge is -2.33. The van der Waals surface area contributed by atoms with Gasteiger partial charge in [-0.25, -0.2) is 0 Å². The van der Waals surface area contributed by atoms with Crippen LogP contribution in [0.1, 0.15) is 31.7 Å². The van der Waals surface area contributed by atoms with Gasteiger partial charge in [0.05, 0.1) is 12.5 Å². The zero-order chi connectivity index (χ0) is 15.4. The van der Waals surface area contributed by atoms with Crippen LogP contribution in [0, 0.1) is 0 Å². The summed E-state index contributed by atoms with van der Waals surface area (Å²) >= 11 is 0. The summed E-state index contributed by atoms with van der Waals surface area (Å²) in [5.74, 6) is -0.288. The van der Waals surface area contributed by atoms with E-state index in [-0.39, 0.29) is 30.3 Å². The number of carbonyl (C=O) groups excluding carboxylic acids is 2. The Morgan fingerprint density at radius 2 is 2.10 bits per heavy atom. The molecular weight excluding hydrogens is 266 g/mol. The van der Waals surface area contributed by atoms with Gasteiger partial charge in [0, 0.05) is 25.3 Å². The predicted octanol–water partition coefficient (Wildman–Crippen LogP) is 1.57. The van der Waals surface area contributed by atoms with Gasteiger partial charge in [-0.3, -0.25) is 9.59 Å². The van der Waals surface area contributed by atoms with E-state index in [1.165, 1.54) is 0 Å². The molecule has 5 heteroatoms. The number of fused-ring (bicyclic) bond motifs is 1. The Morgan fingerprint density at radius 3 is 2.76 bits per heavy atom.